The van der Waals surface area contributed by atoms with Crippen molar-refractivity contribution < 1.29 is 27.8 Å². The van der Waals surface area contributed by atoms with Gasteiger partial charge in [0, 0.05) is 35.6 Å². The number of aryl methyl sites for hydroxylation is 1. The van der Waals surface area contributed by atoms with Gasteiger partial charge in [0.25, 0.3) is 0 Å². The summed E-state index contributed by atoms with van der Waals surface area (Å²) < 4.78 is 44.1. The first-order valence-corrected chi connectivity index (χ1v) is 11.7. The summed E-state index contributed by atoms with van der Waals surface area (Å²) in [5.74, 6) is -0.488. The number of anilines is 1. The molecule has 34 heavy (non-hydrogen) atoms. The number of benzene rings is 2. The van der Waals surface area contributed by atoms with Crippen LogP contribution in [0.25, 0.3) is 10.6 Å². The SMILES string of the molecule is Cc1nc(-c2ccc(C(F)(F)F)cc2)sc1CCN1CCc2cc(OC(C)(C)C(=O)O)ccc21. The maximum absolute atomic E-state index is 12.8. The first-order chi connectivity index (χ1) is 15.9. The molecule has 0 spiro atoms. The van der Waals surface area contributed by atoms with Crippen LogP contribution < -0.4 is 9.64 Å². The van der Waals surface area contributed by atoms with Crippen molar-refractivity contribution in [2.24, 2.45) is 0 Å². The number of halogens is 3. The third kappa shape index (κ3) is 5.04. The number of carbonyl (C=O) groups is 1. The van der Waals surface area contributed by atoms with Gasteiger partial charge in [-0.1, -0.05) is 12.1 Å². The lowest BCUT2D eigenvalue weighted by molar-refractivity contribution is -0.152. The molecule has 5 nitrogen and oxygen atoms in total. The van der Waals surface area contributed by atoms with Crippen LogP contribution in [0.15, 0.2) is 42.5 Å². The fourth-order valence-corrected chi connectivity index (χ4v) is 4.96. The number of hydrogen-bond donors (Lipinski definition) is 1. The van der Waals surface area contributed by atoms with Gasteiger partial charge in [-0.2, -0.15) is 13.2 Å². The van der Waals surface area contributed by atoms with Crippen LogP contribution >= 0.6 is 11.3 Å². The van der Waals surface area contributed by atoms with Gasteiger partial charge in [0.2, 0.25) is 0 Å². The van der Waals surface area contributed by atoms with E-state index in [0.29, 0.717) is 16.3 Å². The molecule has 9 heteroatoms. The molecule has 1 N–H and O–H groups in total. The molecule has 180 valence electrons. The summed E-state index contributed by atoms with van der Waals surface area (Å²) in [5, 5.41) is 9.99. The highest BCUT2D eigenvalue weighted by molar-refractivity contribution is 7.15. The third-order valence-electron chi connectivity index (χ3n) is 5.89. The number of carboxylic acids is 1. The van der Waals surface area contributed by atoms with E-state index >= 15 is 0 Å². The second-order valence-electron chi connectivity index (χ2n) is 8.80. The number of thiazole rings is 1. The van der Waals surface area contributed by atoms with Gasteiger partial charge in [0.15, 0.2) is 5.60 Å². The van der Waals surface area contributed by atoms with Crippen LogP contribution in [-0.2, 0) is 23.8 Å². The summed E-state index contributed by atoms with van der Waals surface area (Å²) in [7, 11) is 0. The van der Waals surface area contributed by atoms with Gasteiger partial charge in [-0.3, -0.25) is 0 Å². The predicted molar refractivity (Wildman–Crippen MR) is 126 cm³/mol. The summed E-state index contributed by atoms with van der Waals surface area (Å²) >= 11 is 1.51. The highest BCUT2D eigenvalue weighted by Crippen LogP contribution is 2.35. The molecule has 0 bridgehead atoms. The van der Waals surface area contributed by atoms with Crippen molar-refractivity contribution in [2.45, 2.75) is 45.4 Å². The third-order valence-corrected chi connectivity index (χ3v) is 7.16. The fourth-order valence-electron chi connectivity index (χ4n) is 3.90. The van der Waals surface area contributed by atoms with Gasteiger partial charge in [0.1, 0.15) is 10.8 Å². The molecule has 1 aliphatic heterocycles. The lowest BCUT2D eigenvalue weighted by Gasteiger charge is -2.23. The Morgan fingerprint density at radius 1 is 1.18 bits per heavy atom. The van der Waals surface area contributed by atoms with Crippen molar-refractivity contribution in [1.29, 1.82) is 0 Å². The van der Waals surface area contributed by atoms with Gasteiger partial charge in [0.05, 0.1) is 11.3 Å². The molecule has 3 aromatic rings. The number of carboxylic acid groups (broad SMARTS) is 1. The molecule has 0 saturated heterocycles. The number of rotatable bonds is 7. The van der Waals surface area contributed by atoms with E-state index in [-0.39, 0.29) is 0 Å². The molecule has 0 atom stereocenters. The molecule has 4 rings (SSSR count). The Morgan fingerprint density at radius 3 is 2.53 bits per heavy atom. The van der Waals surface area contributed by atoms with Crippen molar-refractivity contribution in [1.82, 2.24) is 4.98 Å². The average molecular weight is 491 g/mol. The second-order valence-corrected chi connectivity index (χ2v) is 9.88. The molecule has 0 saturated carbocycles. The first-order valence-electron chi connectivity index (χ1n) is 10.9. The van der Waals surface area contributed by atoms with E-state index in [2.05, 4.69) is 9.88 Å². The smallest absolute Gasteiger partial charge is 0.416 e. The van der Waals surface area contributed by atoms with Gasteiger partial charge < -0.3 is 14.7 Å². The van der Waals surface area contributed by atoms with Gasteiger partial charge in [-0.25, -0.2) is 9.78 Å². The predicted octanol–water partition coefficient (Wildman–Crippen LogP) is 5.98. The highest BCUT2D eigenvalue weighted by atomic mass is 32.1. The minimum atomic E-state index is -4.35. The summed E-state index contributed by atoms with van der Waals surface area (Å²) in [6.07, 6.45) is -2.74. The van der Waals surface area contributed by atoms with Gasteiger partial charge >= 0.3 is 12.1 Å². The maximum atomic E-state index is 12.8. The Morgan fingerprint density at radius 2 is 1.88 bits per heavy atom. The van der Waals surface area contributed by atoms with E-state index in [4.69, 9.17) is 4.74 Å². The average Bonchev–Trinajstić information content (AvgIpc) is 3.34. The van der Waals surface area contributed by atoms with Crippen LogP contribution in [0.5, 0.6) is 5.75 Å². The number of aliphatic carboxylic acids is 1. The molecule has 1 aromatic heterocycles. The molecular weight excluding hydrogens is 465 g/mol. The van der Waals surface area contributed by atoms with Crippen LogP contribution in [0.4, 0.5) is 18.9 Å². The van der Waals surface area contributed by atoms with Crippen molar-refractivity contribution in [2.75, 3.05) is 18.0 Å². The molecule has 2 heterocycles. The Bertz CT molecular complexity index is 1200. The van der Waals surface area contributed by atoms with Gasteiger partial charge in [-0.15, -0.1) is 11.3 Å². The number of nitrogens with zero attached hydrogens (tertiary/aromatic N) is 2. The number of aromatic nitrogens is 1. The van der Waals surface area contributed by atoms with E-state index in [1.165, 1.54) is 37.3 Å². The van der Waals surface area contributed by atoms with Crippen LogP contribution in [0.2, 0.25) is 0 Å². The Balaban J connectivity index is 1.43. The Kier molecular flexibility index (Phi) is 6.33. The maximum Gasteiger partial charge on any atom is 0.416 e. The molecule has 0 aliphatic carbocycles. The van der Waals surface area contributed by atoms with E-state index in [9.17, 15) is 23.1 Å². The number of fused-ring (bicyclic) bond motifs is 1. The molecule has 0 fully saturated rings. The Labute approximate surface area is 199 Å². The van der Waals surface area contributed by atoms with Crippen molar-refractivity contribution in [3.05, 3.63) is 64.2 Å². The summed E-state index contributed by atoms with van der Waals surface area (Å²) in [4.78, 5) is 19.3. The van der Waals surface area contributed by atoms with Gasteiger partial charge in [-0.05, 0) is 63.1 Å². The minimum absolute atomic E-state index is 0.535. The van der Waals surface area contributed by atoms with E-state index in [0.717, 1.165) is 59.9 Å². The lowest BCUT2D eigenvalue weighted by Crippen LogP contribution is -2.37. The molecule has 2 aromatic carbocycles. The fraction of sp³-hybridized carbons (Fsp3) is 0.360. The monoisotopic (exact) mass is 490 g/mol. The highest BCUT2D eigenvalue weighted by Gasteiger charge is 2.31. The van der Waals surface area contributed by atoms with Crippen LogP contribution in [-0.4, -0.2) is 34.8 Å². The second kappa shape index (κ2) is 8.94. The standard InChI is InChI=1S/C25H25F3N2O3S/c1-15-21(34-22(29-15)16-4-6-18(7-5-16)25(26,27)28)11-13-30-12-10-17-14-19(8-9-20(17)30)33-24(2,3)23(31)32/h4-9,14H,10-13H2,1-3H3,(H,31,32). The van der Waals surface area contributed by atoms with Crippen LogP contribution in [0.1, 0.15) is 35.5 Å². The zero-order chi connectivity index (χ0) is 24.7. The number of ether oxygens (including phenoxy) is 1. The lowest BCUT2D eigenvalue weighted by atomic mass is 10.1. The Hall–Kier alpha value is -3.07. The molecule has 0 amide bonds. The quantitative estimate of drug-likeness (QED) is 0.441. The minimum Gasteiger partial charge on any atom is -0.478 e. The number of alkyl halides is 3. The number of hydrogen-bond acceptors (Lipinski definition) is 5. The molecule has 1 aliphatic rings. The van der Waals surface area contributed by atoms with Crippen molar-refractivity contribution in [3.63, 3.8) is 0 Å². The van der Waals surface area contributed by atoms with Crippen LogP contribution in [0, 0.1) is 6.92 Å². The van der Waals surface area contributed by atoms with Crippen molar-refractivity contribution in [3.8, 4) is 16.3 Å². The van der Waals surface area contributed by atoms with Crippen LogP contribution in [0.3, 0.4) is 0 Å². The first kappa shape index (κ1) is 24.1. The summed E-state index contributed by atoms with van der Waals surface area (Å²) in [6, 6.07) is 10.8. The molecule has 0 unspecified atom stereocenters. The largest absolute Gasteiger partial charge is 0.478 e. The zero-order valence-corrected chi connectivity index (χ0v) is 19.9. The van der Waals surface area contributed by atoms with E-state index < -0.39 is 23.3 Å². The van der Waals surface area contributed by atoms with E-state index in [1.807, 2.05) is 19.1 Å². The molecule has 0 radical (unpaired) electrons. The van der Waals surface area contributed by atoms with E-state index in [1.54, 1.807) is 6.07 Å². The topological polar surface area (TPSA) is 62.7 Å². The summed E-state index contributed by atoms with van der Waals surface area (Å²) in [5.41, 5.74) is 1.81. The summed E-state index contributed by atoms with van der Waals surface area (Å²) in [6.45, 7) is 6.59. The normalized spacial score (nSPS) is 13.8. The molecular formula is C25H25F3N2O3S. The van der Waals surface area contributed by atoms with Crippen molar-refractivity contribution >= 4 is 23.0 Å². The zero-order valence-electron chi connectivity index (χ0n) is 19.1.